The second-order valence-corrected chi connectivity index (χ2v) is 16.5. The van der Waals surface area contributed by atoms with Gasteiger partial charge in [0.15, 0.2) is 5.78 Å². The third-order valence-corrected chi connectivity index (χ3v) is 12.0. The van der Waals surface area contributed by atoms with Crippen LogP contribution >= 0.6 is 0 Å². The molecule has 1 fully saturated rings. The van der Waals surface area contributed by atoms with Crippen LogP contribution in [0, 0.1) is 35.5 Å². The van der Waals surface area contributed by atoms with Crippen molar-refractivity contribution in [3.8, 4) is 0 Å². The van der Waals surface area contributed by atoms with Gasteiger partial charge in [0.25, 0.3) is 0 Å². The molecular formula is C43H72N4O9. The highest BCUT2D eigenvalue weighted by molar-refractivity contribution is 5.90. The lowest BCUT2D eigenvalue weighted by atomic mass is 9.83. The Morgan fingerprint density at radius 1 is 0.911 bits per heavy atom. The fourth-order valence-electron chi connectivity index (χ4n) is 8.58. The van der Waals surface area contributed by atoms with Crippen molar-refractivity contribution in [2.24, 2.45) is 41.4 Å². The fraction of sp³-hybridized carbons (Fsp3) is 0.744. The van der Waals surface area contributed by atoms with Crippen LogP contribution in [0.25, 0.3) is 0 Å². The molecule has 13 nitrogen and oxygen atoms in total. The van der Waals surface area contributed by atoms with E-state index in [4.69, 9.17) is 20.2 Å². The molecule has 0 aromatic heterocycles. The highest BCUT2D eigenvalue weighted by Gasteiger charge is 2.43. The zero-order chi connectivity index (χ0) is 42.3. The Morgan fingerprint density at radius 3 is 2.07 bits per heavy atom. The molecule has 1 aromatic carbocycles. The zero-order valence-corrected chi connectivity index (χ0v) is 35.9. The Labute approximate surface area is 335 Å². The molecule has 9 atom stereocenters. The largest absolute Gasteiger partial charge is 0.481 e. The average molecular weight is 789 g/mol. The molecule has 1 aliphatic heterocycles. The van der Waals surface area contributed by atoms with E-state index in [-0.39, 0.29) is 79.5 Å². The van der Waals surface area contributed by atoms with Crippen LogP contribution in [0.1, 0.15) is 92.6 Å². The Bertz CT molecular complexity index is 1390. The number of rotatable bonds is 26. The van der Waals surface area contributed by atoms with E-state index >= 15 is 0 Å². The number of likely N-dealkylation sites (tertiary alicyclic amines) is 1. The first-order chi connectivity index (χ1) is 26.4. The topological polar surface area (TPSA) is 169 Å². The minimum absolute atomic E-state index is 0.00522. The lowest BCUT2D eigenvalue weighted by Crippen LogP contribution is -2.54. The van der Waals surface area contributed by atoms with Crippen LogP contribution in [-0.2, 0) is 44.7 Å². The van der Waals surface area contributed by atoms with E-state index in [9.17, 15) is 29.1 Å². The average Bonchev–Trinajstić information content (AvgIpc) is 3.65. The fourth-order valence-corrected chi connectivity index (χ4v) is 8.58. The molecule has 0 unspecified atom stereocenters. The van der Waals surface area contributed by atoms with Gasteiger partial charge >= 0.3 is 5.97 Å². The van der Waals surface area contributed by atoms with Crippen molar-refractivity contribution in [1.82, 2.24) is 14.7 Å². The normalized spacial score (nSPS) is 19.0. The predicted molar refractivity (Wildman–Crippen MR) is 216 cm³/mol. The molecule has 0 saturated carbocycles. The lowest BCUT2D eigenvalue weighted by Gasteiger charge is -2.41. The minimum Gasteiger partial charge on any atom is -0.481 e. The quantitative estimate of drug-likeness (QED) is 0.123. The number of Topliss-reactive ketones (excluding diaryl/α,β-unsaturated/α-hetero) is 2. The summed E-state index contributed by atoms with van der Waals surface area (Å²) in [6.45, 7) is 14.9. The number of aliphatic carboxylic acids is 1. The van der Waals surface area contributed by atoms with E-state index in [1.807, 2.05) is 83.8 Å². The van der Waals surface area contributed by atoms with E-state index in [1.165, 1.54) is 7.11 Å². The van der Waals surface area contributed by atoms with Crippen LogP contribution in [0.4, 0.5) is 0 Å². The molecule has 0 radical (unpaired) electrons. The second-order valence-electron chi connectivity index (χ2n) is 16.5. The Kier molecular flexibility index (Phi) is 20.9. The molecule has 1 aromatic rings. The zero-order valence-electron chi connectivity index (χ0n) is 35.9. The summed E-state index contributed by atoms with van der Waals surface area (Å²) in [5.41, 5.74) is 0.845. The maximum absolute atomic E-state index is 14.4. The summed E-state index contributed by atoms with van der Waals surface area (Å²) in [5, 5.41) is 9.96. The first-order valence-corrected chi connectivity index (χ1v) is 20.4. The number of methoxy groups -OCH3 is 2. The standard InChI is InChI=1S/C43H72N4O9/c1-12-29(6)40(46(9)42(51)33(27(2)3)25-36(49)39(28(4)5)45(8)21-22-56-44)37(54-10)26-38(50)47-20-16-19-34(47)41(55-11)30(7)35(48)24-32(43(52)53)23-31-17-14-13-15-18-31/h13-15,17-18,27-30,32-34,37,39-41H,12,16,19-26,44H2,1-11H3,(H,52,53)/t29-,30-,32+,33-,34-,37+,39-,40-,41+/m0/s1. The number of likely N-dealkylation sites (N-methyl/N-ethyl adjacent to an activating group) is 2. The van der Waals surface area contributed by atoms with E-state index in [0.717, 1.165) is 18.4 Å². The maximum atomic E-state index is 14.4. The summed E-state index contributed by atoms with van der Waals surface area (Å²) in [7, 11) is 6.68. The minimum atomic E-state index is -1.03. The second kappa shape index (κ2) is 23.9. The van der Waals surface area contributed by atoms with Crippen LogP contribution in [-0.4, -0.2) is 128 Å². The van der Waals surface area contributed by atoms with Crippen LogP contribution < -0.4 is 5.90 Å². The van der Waals surface area contributed by atoms with Gasteiger partial charge in [-0.25, -0.2) is 5.90 Å². The lowest BCUT2D eigenvalue weighted by molar-refractivity contribution is -0.149. The highest BCUT2D eigenvalue weighted by atomic mass is 16.6. The first-order valence-electron chi connectivity index (χ1n) is 20.4. The summed E-state index contributed by atoms with van der Waals surface area (Å²) >= 11 is 0. The summed E-state index contributed by atoms with van der Waals surface area (Å²) in [5.74, 6) is 1.40. The SMILES string of the molecule is CC[C@H](C)[C@@H]([C@@H](CC(=O)N1CCC[C@H]1[C@H](OC)[C@@H](C)C(=O)C[C@@H](Cc1ccccc1)C(=O)O)OC)N(C)C(=O)[C@@H](CC(=O)[C@H](C(C)C)N(C)CCON)C(C)C. The van der Waals surface area contributed by atoms with Gasteiger partial charge in [0.1, 0.15) is 5.78 Å². The van der Waals surface area contributed by atoms with Crippen molar-refractivity contribution in [2.45, 2.75) is 124 Å². The van der Waals surface area contributed by atoms with Gasteiger partial charge in [-0.2, -0.15) is 0 Å². The van der Waals surface area contributed by atoms with Gasteiger partial charge < -0.3 is 29.2 Å². The first kappa shape index (κ1) is 48.9. The maximum Gasteiger partial charge on any atom is 0.307 e. The van der Waals surface area contributed by atoms with Gasteiger partial charge in [-0.15, -0.1) is 0 Å². The molecule has 2 rings (SSSR count). The molecule has 0 bridgehead atoms. The Hall–Kier alpha value is -3.23. The number of benzene rings is 1. The number of carboxylic acids is 1. The molecule has 56 heavy (non-hydrogen) atoms. The van der Waals surface area contributed by atoms with E-state index in [1.54, 1.807) is 30.9 Å². The predicted octanol–water partition coefficient (Wildman–Crippen LogP) is 4.89. The van der Waals surface area contributed by atoms with Crippen molar-refractivity contribution in [2.75, 3.05) is 48.0 Å². The molecule has 2 amide bonds. The Morgan fingerprint density at radius 2 is 1.55 bits per heavy atom. The van der Waals surface area contributed by atoms with E-state index in [2.05, 4.69) is 0 Å². The van der Waals surface area contributed by atoms with Crippen LogP contribution in [0.15, 0.2) is 30.3 Å². The van der Waals surface area contributed by atoms with Gasteiger partial charge in [-0.3, -0.25) is 28.9 Å². The monoisotopic (exact) mass is 789 g/mol. The molecule has 3 N–H and O–H groups in total. The van der Waals surface area contributed by atoms with Crippen LogP contribution in [0.2, 0.25) is 0 Å². The number of ketones is 2. The number of hydrogen-bond donors (Lipinski definition) is 2. The Balaban J connectivity index is 2.28. The number of nitrogens with two attached hydrogens (primary N) is 1. The number of hydrogen-bond acceptors (Lipinski definition) is 10. The van der Waals surface area contributed by atoms with Crippen molar-refractivity contribution in [1.29, 1.82) is 0 Å². The number of carboxylic acid groups (broad SMARTS) is 1. The number of carbonyl (C=O) groups excluding carboxylic acids is 4. The van der Waals surface area contributed by atoms with Gasteiger partial charge in [0.2, 0.25) is 11.8 Å². The van der Waals surface area contributed by atoms with Gasteiger partial charge in [0.05, 0.1) is 49.3 Å². The summed E-state index contributed by atoms with van der Waals surface area (Å²) in [6, 6.07) is 8.00. The summed E-state index contributed by atoms with van der Waals surface area (Å²) in [6.07, 6.45) is 0.991. The van der Waals surface area contributed by atoms with Gasteiger partial charge in [-0.1, -0.05) is 85.2 Å². The molecule has 13 heteroatoms. The molecule has 318 valence electrons. The van der Waals surface area contributed by atoms with Gasteiger partial charge in [-0.05, 0) is 49.6 Å². The third kappa shape index (κ3) is 13.4. The molecule has 1 aliphatic rings. The number of carbonyl (C=O) groups is 5. The summed E-state index contributed by atoms with van der Waals surface area (Å²) < 4.78 is 12.0. The number of amides is 2. The highest BCUT2D eigenvalue weighted by Crippen LogP contribution is 2.32. The number of nitrogens with zero attached hydrogens (tertiary/aromatic N) is 3. The molecule has 1 heterocycles. The summed E-state index contributed by atoms with van der Waals surface area (Å²) in [4.78, 5) is 78.4. The molecule has 0 spiro atoms. The third-order valence-electron chi connectivity index (χ3n) is 12.0. The molecule has 0 aliphatic carbocycles. The van der Waals surface area contributed by atoms with E-state index in [0.29, 0.717) is 19.5 Å². The van der Waals surface area contributed by atoms with E-state index < -0.39 is 48.0 Å². The number of ether oxygens (including phenoxy) is 2. The van der Waals surface area contributed by atoms with Crippen molar-refractivity contribution in [3.63, 3.8) is 0 Å². The van der Waals surface area contributed by atoms with Crippen molar-refractivity contribution < 1.29 is 43.4 Å². The van der Waals surface area contributed by atoms with Crippen LogP contribution in [0.5, 0.6) is 0 Å². The van der Waals surface area contributed by atoms with Crippen molar-refractivity contribution >= 4 is 29.4 Å². The smallest absolute Gasteiger partial charge is 0.307 e. The van der Waals surface area contributed by atoms with Crippen LogP contribution in [0.3, 0.4) is 0 Å². The molecular weight excluding hydrogens is 716 g/mol. The van der Waals surface area contributed by atoms with Crippen molar-refractivity contribution in [3.05, 3.63) is 35.9 Å². The van der Waals surface area contributed by atoms with Gasteiger partial charge in [0, 0.05) is 59.0 Å². The molecule has 1 saturated heterocycles.